The van der Waals surface area contributed by atoms with Crippen molar-refractivity contribution in [2.24, 2.45) is 0 Å². The molecule has 4 aromatic heterocycles. The Balaban J connectivity index is 0.989. The van der Waals surface area contributed by atoms with Crippen LogP contribution in [0.3, 0.4) is 0 Å². The fourth-order valence-electron chi connectivity index (χ4n) is 7.62. The van der Waals surface area contributed by atoms with Gasteiger partial charge < -0.3 is 4.57 Å². The first-order chi connectivity index (χ1) is 26.7. The molecule has 0 aliphatic carbocycles. The lowest BCUT2D eigenvalue weighted by molar-refractivity contribution is 1.17. The smallest absolute Gasteiger partial charge is 0.137 e. The van der Waals surface area contributed by atoms with Gasteiger partial charge in [0.2, 0.25) is 0 Å². The van der Waals surface area contributed by atoms with E-state index in [1.54, 1.807) is 6.20 Å². The third-order valence-electron chi connectivity index (χ3n) is 10.2. The molecule has 0 aliphatic rings. The second-order valence-corrected chi connectivity index (χ2v) is 13.3. The lowest BCUT2D eigenvalue weighted by Crippen LogP contribution is -2.11. The second-order valence-electron chi connectivity index (χ2n) is 13.3. The number of nitriles is 1. The Morgan fingerprint density at radius 1 is 0.519 bits per heavy atom. The van der Waals surface area contributed by atoms with Gasteiger partial charge in [0.15, 0.2) is 0 Å². The Bertz CT molecular complexity index is 2950. The maximum absolute atomic E-state index is 9.42. The van der Waals surface area contributed by atoms with Gasteiger partial charge in [-0.05, 0) is 112 Å². The topological polar surface area (TPSA) is 70.6 Å². The summed E-state index contributed by atoms with van der Waals surface area (Å²) in [6.07, 6.45) is 7.48. The van der Waals surface area contributed by atoms with Gasteiger partial charge in [-0.2, -0.15) is 5.26 Å². The Morgan fingerprint density at radius 3 is 2.00 bits per heavy atom. The van der Waals surface area contributed by atoms with Gasteiger partial charge in [0.25, 0.3) is 0 Å². The summed E-state index contributed by atoms with van der Waals surface area (Å²) in [6, 6.07) is 56.5. The average Bonchev–Trinajstić information content (AvgIpc) is 3.60. The lowest BCUT2D eigenvalue weighted by Gasteiger charge is -2.24. The van der Waals surface area contributed by atoms with Crippen LogP contribution in [0.1, 0.15) is 5.56 Å². The molecule has 0 radical (unpaired) electrons. The van der Waals surface area contributed by atoms with Crippen LogP contribution in [0.25, 0.3) is 71.8 Å². The number of hydrogen-bond donors (Lipinski definition) is 0. The molecule has 6 heteroatoms. The van der Waals surface area contributed by atoms with E-state index < -0.39 is 0 Å². The van der Waals surface area contributed by atoms with Gasteiger partial charge in [-0.1, -0.05) is 72.8 Å². The highest BCUT2D eigenvalue weighted by molar-refractivity contribution is 6.26. The van der Waals surface area contributed by atoms with Crippen LogP contribution in [0.15, 0.2) is 183 Å². The van der Waals surface area contributed by atoms with Gasteiger partial charge in [0, 0.05) is 63.7 Å². The number of nitrogens with zero attached hydrogens (tertiary/aromatic N) is 6. The molecule has 0 amide bonds. The highest BCUT2D eigenvalue weighted by Gasteiger charge is 2.19. The number of para-hydroxylation sites is 1. The van der Waals surface area contributed by atoms with E-state index in [2.05, 4.69) is 136 Å². The molecule has 252 valence electrons. The van der Waals surface area contributed by atoms with Crippen molar-refractivity contribution in [3.63, 3.8) is 0 Å². The number of rotatable bonds is 7. The van der Waals surface area contributed by atoms with E-state index in [1.807, 2.05) is 61.1 Å². The van der Waals surface area contributed by atoms with Crippen molar-refractivity contribution in [2.45, 2.75) is 0 Å². The number of benzene rings is 6. The Hall–Kier alpha value is -7.62. The summed E-state index contributed by atoms with van der Waals surface area (Å²) >= 11 is 0. The van der Waals surface area contributed by atoms with E-state index in [-0.39, 0.29) is 0 Å². The van der Waals surface area contributed by atoms with Crippen LogP contribution in [0.5, 0.6) is 0 Å². The lowest BCUT2D eigenvalue weighted by atomic mass is 9.95. The van der Waals surface area contributed by atoms with E-state index in [0.29, 0.717) is 5.56 Å². The van der Waals surface area contributed by atoms with Crippen LogP contribution in [0, 0.1) is 11.3 Å². The molecular weight excluding hydrogens is 661 g/mol. The highest BCUT2D eigenvalue weighted by Crippen LogP contribution is 2.42. The van der Waals surface area contributed by atoms with Crippen molar-refractivity contribution in [3.8, 4) is 45.3 Å². The van der Waals surface area contributed by atoms with E-state index in [4.69, 9.17) is 9.97 Å². The molecule has 4 heterocycles. The van der Waals surface area contributed by atoms with Crippen molar-refractivity contribution < 1.29 is 0 Å². The van der Waals surface area contributed by atoms with Gasteiger partial charge in [0.05, 0.1) is 28.4 Å². The summed E-state index contributed by atoms with van der Waals surface area (Å²) in [6.45, 7) is 0. The summed E-state index contributed by atoms with van der Waals surface area (Å²) < 4.78 is 2.37. The number of hydrogen-bond acceptors (Lipinski definition) is 5. The predicted molar refractivity (Wildman–Crippen MR) is 219 cm³/mol. The molecule has 0 aliphatic heterocycles. The summed E-state index contributed by atoms with van der Waals surface area (Å²) in [5, 5.41) is 14.4. The quantitative estimate of drug-likeness (QED) is 0.156. The average molecular weight is 691 g/mol. The van der Waals surface area contributed by atoms with Crippen molar-refractivity contribution in [1.29, 1.82) is 5.26 Å². The molecule has 6 aromatic carbocycles. The first-order valence-electron chi connectivity index (χ1n) is 17.8. The molecule has 54 heavy (non-hydrogen) atoms. The number of pyridine rings is 3. The van der Waals surface area contributed by atoms with Crippen LogP contribution in [-0.4, -0.2) is 19.5 Å². The fraction of sp³-hybridized carbons (Fsp3) is 0. The summed E-state index contributed by atoms with van der Waals surface area (Å²) in [4.78, 5) is 16.2. The monoisotopic (exact) mass is 690 g/mol. The van der Waals surface area contributed by atoms with E-state index in [9.17, 15) is 5.26 Å². The summed E-state index contributed by atoms with van der Waals surface area (Å²) in [7, 11) is 0. The third-order valence-corrected chi connectivity index (χ3v) is 10.2. The van der Waals surface area contributed by atoms with Gasteiger partial charge in [0.1, 0.15) is 5.82 Å². The Morgan fingerprint density at radius 2 is 1.28 bits per heavy atom. The van der Waals surface area contributed by atoms with Crippen LogP contribution in [0.2, 0.25) is 0 Å². The van der Waals surface area contributed by atoms with Crippen LogP contribution in [0.4, 0.5) is 17.2 Å². The van der Waals surface area contributed by atoms with Crippen LogP contribution in [-0.2, 0) is 0 Å². The molecule has 0 saturated carbocycles. The zero-order valence-electron chi connectivity index (χ0n) is 29.0. The third kappa shape index (κ3) is 5.23. The first-order valence-corrected chi connectivity index (χ1v) is 17.8. The van der Waals surface area contributed by atoms with Crippen molar-refractivity contribution >= 4 is 49.8 Å². The molecular formula is C48H30N6. The molecule has 0 fully saturated rings. The molecule has 0 spiro atoms. The maximum Gasteiger partial charge on any atom is 0.137 e. The SMILES string of the molecule is N#Cc1ccc(N(c2ccc(-c3cccnc3)cc2)c2ccc(-c3ccc(-c4ccc5c6c4ccc4cccc(c46)n5-c4ccccc4)cn3)cn2)cc1. The largest absolute Gasteiger partial charge is 0.309 e. The standard InChI is InChI=1S/C48H30N6/c49-28-32-11-18-39(19-12-32)53(40-20-13-33(14-21-40)35-7-5-27-50-29-35)46-26-17-37(31-52-46)43-24-16-36(30-51-43)41-23-25-45-48-42(41)22-15-34-6-4-10-44(47(34)48)54(45)38-8-2-1-3-9-38/h1-27,29-31H. The molecule has 10 rings (SSSR count). The van der Waals surface area contributed by atoms with Crippen molar-refractivity contribution in [1.82, 2.24) is 19.5 Å². The normalized spacial score (nSPS) is 11.3. The van der Waals surface area contributed by atoms with E-state index in [1.165, 1.54) is 32.6 Å². The Labute approximate surface area is 311 Å². The minimum Gasteiger partial charge on any atom is -0.309 e. The van der Waals surface area contributed by atoms with Gasteiger partial charge in [-0.25, -0.2) is 4.98 Å². The van der Waals surface area contributed by atoms with Crippen LogP contribution >= 0.6 is 0 Å². The molecule has 0 saturated heterocycles. The number of anilines is 3. The molecule has 0 atom stereocenters. The zero-order valence-corrected chi connectivity index (χ0v) is 29.0. The second kappa shape index (κ2) is 12.9. The van der Waals surface area contributed by atoms with Gasteiger partial charge in [-0.3, -0.25) is 14.9 Å². The minimum atomic E-state index is 0.604. The maximum atomic E-state index is 9.42. The van der Waals surface area contributed by atoms with E-state index in [0.717, 1.165) is 56.4 Å². The fourth-order valence-corrected chi connectivity index (χ4v) is 7.62. The number of aromatic nitrogens is 4. The first kappa shape index (κ1) is 31.1. The summed E-state index contributed by atoms with van der Waals surface area (Å²) in [5.41, 5.74) is 12.1. The molecule has 0 bridgehead atoms. The molecule has 6 nitrogen and oxygen atoms in total. The van der Waals surface area contributed by atoms with E-state index >= 15 is 0 Å². The predicted octanol–water partition coefficient (Wildman–Crippen LogP) is 11.9. The van der Waals surface area contributed by atoms with Crippen molar-refractivity contribution in [2.75, 3.05) is 4.90 Å². The molecule has 10 aromatic rings. The summed E-state index contributed by atoms with van der Waals surface area (Å²) in [5.74, 6) is 0.752. The van der Waals surface area contributed by atoms with Gasteiger partial charge in [-0.15, -0.1) is 0 Å². The minimum absolute atomic E-state index is 0.604. The molecule has 0 N–H and O–H groups in total. The highest BCUT2D eigenvalue weighted by atomic mass is 15.2. The van der Waals surface area contributed by atoms with Crippen molar-refractivity contribution in [3.05, 3.63) is 188 Å². The van der Waals surface area contributed by atoms with Gasteiger partial charge >= 0.3 is 0 Å². The molecule has 0 unspecified atom stereocenters. The van der Waals surface area contributed by atoms with Crippen LogP contribution < -0.4 is 4.90 Å². The zero-order chi connectivity index (χ0) is 36.0. The Kier molecular flexibility index (Phi) is 7.41.